The molecule has 2 unspecified atom stereocenters. The Labute approximate surface area is 130 Å². The SMILES string of the molecule is O=C(CCC(=O)C1CCCCNC1=O)C1CCCCNC1=O. The number of Topliss-reactive ketones (excluding diaryl/α,β-unsaturated/α-hetero) is 2. The van der Waals surface area contributed by atoms with Gasteiger partial charge in [0.05, 0.1) is 11.8 Å². The van der Waals surface area contributed by atoms with Gasteiger partial charge in [0.25, 0.3) is 0 Å². The minimum Gasteiger partial charge on any atom is -0.355 e. The highest BCUT2D eigenvalue weighted by Gasteiger charge is 2.31. The van der Waals surface area contributed by atoms with E-state index in [2.05, 4.69) is 10.6 Å². The maximum Gasteiger partial charge on any atom is 0.230 e. The van der Waals surface area contributed by atoms with Crippen molar-refractivity contribution < 1.29 is 19.2 Å². The van der Waals surface area contributed by atoms with Crippen LogP contribution in [0.5, 0.6) is 0 Å². The van der Waals surface area contributed by atoms with Crippen molar-refractivity contribution >= 4 is 23.4 Å². The predicted molar refractivity (Wildman–Crippen MR) is 79.9 cm³/mol. The zero-order valence-electron chi connectivity index (χ0n) is 12.9. The number of hydrogen-bond acceptors (Lipinski definition) is 4. The Bertz CT molecular complexity index is 419. The van der Waals surface area contributed by atoms with Crippen molar-refractivity contribution in [1.29, 1.82) is 0 Å². The number of hydrogen-bond donors (Lipinski definition) is 2. The molecule has 0 aliphatic carbocycles. The highest BCUT2D eigenvalue weighted by Crippen LogP contribution is 2.19. The number of carbonyl (C=O) groups is 4. The summed E-state index contributed by atoms with van der Waals surface area (Å²) < 4.78 is 0. The zero-order valence-corrected chi connectivity index (χ0v) is 12.9. The molecule has 2 aliphatic rings. The quantitative estimate of drug-likeness (QED) is 0.733. The third-order valence-corrected chi connectivity index (χ3v) is 4.47. The van der Waals surface area contributed by atoms with Gasteiger partial charge in [-0.1, -0.05) is 12.8 Å². The molecule has 6 nitrogen and oxygen atoms in total. The molecule has 22 heavy (non-hydrogen) atoms. The van der Waals surface area contributed by atoms with Gasteiger partial charge >= 0.3 is 0 Å². The first-order valence-corrected chi connectivity index (χ1v) is 8.20. The number of rotatable bonds is 5. The summed E-state index contributed by atoms with van der Waals surface area (Å²) in [7, 11) is 0. The zero-order chi connectivity index (χ0) is 15.9. The first-order chi connectivity index (χ1) is 10.6. The Balaban J connectivity index is 1.85. The topological polar surface area (TPSA) is 92.3 Å². The maximum absolute atomic E-state index is 12.2. The number of nitrogens with one attached hydrogen (secondary N) is 2. The smallest absolute Gasteiger partial charge is 0.230 e. The van der Waals surface area contributed by atoms with Gasteiger partial charge in [-0.05, 0) is 25.7 Å². The van der Waals surface area contributed by atoms with Crippen LogP contribution in [0.15, 0.2) is 0 Å². The van der Waals surface area contributed by atoms with Gasteiger partial charge < -0.3 is 10.6 Å². The summed E-state index contributed by atoms with van der Waals surface area (Å²) in [5, 5.41) is 5.47. The lowest BCUT2D eigenvalue weighted by Gasteiger charge is -2.14. The van der Waals surface area contributed by atoms with Gasteiger partial charge in [-0.2, -0.15) is 0 Å². The molecular weight excluding hydrogens is 284 g/mol. The van der Waals surface area contributed by atoms with Crippen LogP contribution in [0.25, 0.3) is 0 Å². The maximum atomic E-state index is 12.2. The average Bonchev–Trinajstić information content (AvgIpc) is 2.84. The summed E-state index contributed by atoms with van der Waals surface area (Å²) in [6, 6.07) is 0. The van der Waals surface area contributed by atoms with Gasteiger partial charge in [0.15, 0.2) is 0 Å². The summed E-state index contributed by atoms with van der Waals surface area (Å²) in [5.41, 5.74) is 0. The fraction of sp³-hybridized carbons (Fsp3) is 0.750. The Kier molecular flexibility index (Phi) is 6.10. The molecule has 2 atom stereocenters. The summed E-state index contributed by atoms with van der Waals surface area (Å²) in [5.74, 6) is -2.05. The molecule has 0 saturated carbocycles. The Hall–Kier alpha value is -1.72. The minimum atomic E-state index is -0.627. The third-order valence-electron chi connectivity index (χ3n) is 4.47. The van der Waals surface area contributed by atoms with E-state index in [1.54, 1.807) is 0 Å². The van der Waals surface area contributed by atoms with Gasteiger partial charge in [-0.25, -0.2) is 0 Å². The van der Waals surface area contributed by atoms with Gasteiger partial charge in [0.1, 0.15) is 11.6 Å². The fourth-order valence-electron chi connectivity index (χ4n) is 3.09. The molecule has 2 amide bonds. The number of amides is 2. The Morgan fingerprint density at radius 1 is 0.773 bits per heavy atom. The predicted octanol–water partition coefficient (Wildman–Crippen LogP) is 0.737. The van der Waals surface area contributed by atoms with Crippen molar-refractivity contribution in [2.24, 2.45) is 11.8 Å². The van der Waals surface area contributed by atoms with E-state index in [0.717, 1.165) is 25.7 Å². The molecular formula is C16H24N2O4. The van der Waals surface area contributed by atoms with Crippen LogP contribution in [0.2, 0.25) is 0 Å². The lowest BCUT2D eigenvalue weighted by atomic mass is 9.90. The van der Waals surface area contributed by atoms with Crippen LogP contribution in [-0.4, -0.2) is 36.5 Å². The second-order valence-electron chi connectivity index (χ2n) is 6.11. The third kappa shape index (κ3) is 4.39. The van der Waals surface area contributed by atoms with Crippen LogP contribution in [-0.2, 0) is 19.2 Å². The summed E-state index contributed by atoms with van der Waals surface area (Å²) in [4.78, 5) is 48.0. The molecule has 0 aromatic carbocycles. The van der Waals surface area contributed by atoms with E-state index >= 15 is 0 Å². The molecule has 2 saturated heterocycles. The van der Waals surface area contributed by atoms with Gasteiger partial charge in [0, 0.05) is 25.9 Å². The molecule has 6 heteroatoms. The molecule has 0 aromatic heterocycles. The standard InChI is InChI=1S/C16H24N2O4/c19-13(11-5-1-3-9-17-15(11)21)7-8-14(20)12-6-2-4-10-18-16(12)22/h11-12H,1-10H2,(H,17,21)(H,18,22). The molecule has 0 bridgehead atoms. The Morgan fingerprint density at radius 2 is 1.18 bits per heavy atom. The van der Waals surface area contributed by atoms with Crippen molar-refractivity contribution in [2.45, 2.75) is 51.4 Å². The fourth-order valence-corrected chi connectivity index (χ4v) is 3.09. The van der Waals surface area contributed by atoms with E-state index in [1.807, 2.05) is 0 Å². The lowest BCUT2D eigenvalue weighted by molar-refractivity contribution is -0.138. The molecule has 2 heterocycles. The molecule has 122 valence electrons. The minimum absolute atomic E-state index is 0.0563. The van der Waals surface area contributed by atoms with E-state index in [-0.39, 0.29) is 36.2 Å². The summed E-state index contributed by atoms with van der Waals surface area (Å²) in [6.45, 7) is 1.23. The molecule has 0 spiro atoms. The highest BCUT2D eigenvalue weighted by atomic mass is 16.2. The monoisotopic (exact) mass is 308 g/mol. The van der Waals surface area contributed by atoms with Crippen molar-refractivity contribution in [3.05, 3.63) is 0 Å². The second kappa shape index (κ2) is 8.06. The van der Waals surface area contributed by atoms with Crippen molar-refractivity contribution in [3.8, 4) is 0 Å². The van der Waals surface area contributed by atoms with Crippen LogP contribution in [0.1, 0.15) is 51.4 Å². The largest absolute Gasteiger partial charge is 0.355 e. The summed E-state index contributed by atoms with van der Waals surface area (Å²) >= 11 is 0. The average molecular weight is 308 g/mol. The number of carbonyl (C=O) groups excluding carboxylic acids is 4. The van der Waals surface area contributed by atoms with Gasteiger partial charge in [-0.3, -0.25) is 19.2 Å². The first kappa shape index (κ1) is 16.6. The van der Waals surface area contributed by atoms with E-state index < -0.39 is 11.8 Å². The first-order valence-electron chi connectivity index (χ1n) is 8.20. The molecule has 2 fully saturated rings. The van der Waals surface area contributed by atoms with Crippen LogP contribution in [0.4, 0.5) is 0 Å². The van der Waals surface area contributed by atoms with E-state index in [1.165, 1.54) is 0 Å². The van der Waals surface area contributed by atoms with E-state index in [4.69, 9.17) is 0 Å². The molecule has 2 N–H and O–H groups in total. The summed E-state index contributed by atoms with van der Waals surface area (Å²) in [6.07, 6.45) is 4.68. The van der Waals surface area contributed by atoms with Crippen molar-refractivity contribution in [1.82, 2.24) is 10.6 Å². The van der Waals surface area contributed by atoms with Crippen molar-refractivity contribution in [2.75, 3.05) is 13.1 Å². The normalized spacial score (nSPS) is 26.4. The van der Waals surface area contributed by atoms with Crippen LogP contribution in [0.3, 0.4) is 0 Å². The van der Waals surface area contributed by atoms with E-state index in [0.29, 0.717) is 25.9 Å². The van der Waals surface area contributed by atoms with Gasteiger partial charge in [0.2, 0.25) is 11.8 Å². The molecule has 0 aromatic rings. The second-order valence-corrected chi connectivity index (χ2v) is 6.11. The highest BCUT2D eigenvalue weighted by molar-refractivity contribution is 6.05. The number of ketones is 2. The Morgan fingerprint density at radius 3 is 1.59 bits per heavy atom. The van der Waals surface area contributed by atoms with Gasteiger partial charge in [-0.15, -0.1) is 0 Å². The van der Waals surface area contributed by atoms with Crippen LogP contribution in [0, 0.1) is 11.8 Å². The lowest BCUT2D eigenvalue weighted by Crippen LogP contribution is -2.35. The molecule has 0 radical (unpaired) electrons. The molecule has 2 rings (SSSR count). The van der Waals surface area contributed by atoms with Crippen LogP contribution < -0.4 is 10.6 Å². The van der Waals surface area contributed by atoms with Crippen molar-refractivity contribution in [3.63, 3.8) is 0 Å². The molecule has 2 aliphatic heterocycles. The van der Waals surface area contributed by atoms with Crippen LogP contribution >= 0.6 is 0 Å². The van der Waals surface area contributed by atoms with E-state index in [9.17, 15) is 19.2 Å².